The van der Waals surface area contributed by atoms with Crippen molar-refractivity contribution < 1.29 is 0 Å². The van der Waals surface area contributed by atoms with E-state index in [9.17, 15) is 0 Å². The third-order valence-electron chi connectivity index (χ3n) is 6.30. The lowest BCUT2D eigenvalue weighted by Crippen LogP contribution is -2.28. The predicted octanol–water partition coefficient (Wildman–Crippen LogP) is 6.23. The maximum atomic E-state index is 4.35. The van der Waals surface area contributed by atoms with E-state index in [1.165, 1.54) is 24.0 Å². The van der Waals surface area contributed by atoms with E-state index in [2.05, 4.69) is 75.7 Å². The molecule has 3 atom stereocenters. The third-order valence-corrected chi connectivity index (χ3v) is 6.30. The molecule has 0 aromatic carbocycles. The Labute approximate surface area is 155 Å². The molecule has 2 rings (SSSR count). The molecule has 2 aliphatic rings. The molecule has 0 bridgehead atoms. The van der Waals surface area contributed by atoms with Crippen LogP contribution in [-0.2, 0) is 0 Å². The lowest BCUT2D eigenvalue weighted by molar-refractivity contribution is 0.299. The number of hydrogen-bond donors (Lipinski definition) is 1. The highest BCUT2D eigenvalue weighted by Gasteiger charge is 2.33. The number of rotatable bonds is 9. The molecule has 0 spiro atoms. The van der Waals surface area contributed by atoms with Gasteiger partial charge in [0.15, 0.2) is 0 Å². The Hall–Kier alpha value is -1.34. The van der Waals surface area contributed by atoms with Gasteiger partial charge in [-0.05, 0) is 74.3 Å². The molecule has 0 radical (unpaired) electrons. The Morgan fingerprint density at radius 1 is 1.44 bits per heavy atom. The van der Waals surface area contributed by atoms with Gasteiger partial charge in [-0.1, -0.05) is 62.5 Å². The molecule has 3 unspecified atom stereocenters. The molecule has 1 saturated carbocycles. The molecule has 1 aliphatic carbocycles. The largest absolute Gasteiger partial charge is 0.313 e. The minimum atomic E-state index is 0.0914. The van der Waals surface area contributed by atoms with Gasteiger partial charge in [-0.25, -0.2) is 0 Å². The molecule has 0 amide bonds. The van der Waals surface area contributed by atoms with Gasteiger partial charge in [-0.15, -0.1) is 6.58 Å². The molecule has 1 N–H and O–H groups in total. The van der Waals surface area contributed by atoms with Crippen molar-refractivity contribution >= 4 is 0 Å². The zero-order valence-corrected chi connectivity index (χ0v) is 16.6. The van der Waals surface area contributed by atoms with Crippen molar-refractivity contribution in [1.29, 1.82) is 0 Å². The quantitative estimate of drug-likeness (QED) is 0.491. The van der Waals surface area contributed by atoms with Crippen molar-refractivity contribution in [1.82, 2.24) is 5.32 Å². The van der Waals surface area contributed by atoms with Crippen LogP contribution < -0.4 is 5.32 Å². The van der Waals surface area contributed by atoms with Crippen molar-refractivity contribution in [2.75, 3.05) is 13.1 Å². The summed E-state index contributed by atoms with van der Waals surface area (Å²) in [5.41, 5.74) is 2.81. The maximum absolute atomic E-state index is 4.35. The highest BCUT2D eigenvalue weighted by molar-refractivity contribution is 5.28. The average molecular weight is 340 g/mol. The molecule has 0 saturated heterocycles. The number of hydrogen-bond acceptors (Lipinski definition) is 1. The Morgan fingerprint density at radius 3 is 2.84 bits per heavy atom. The molecular formula is C24H37N. The molecular weight excluding hydrogens is 302 g/mol. The van der Waals surface area contributed by atoms with Gasteiger partial charge in [-0.2, -0.15) is 0 Å². The van der Waals surface area contributed by atoms with Gasteiger partial charge in [0.05, 0.1) is 0 Å². The molecule has 138 valence electrons. The Bertz CT molecular complexity index is 546. The van der Waals surface area contributed by atoms with Crippen molar-refractivity contribution in [3.63, 3.8) is 0 Å². The average Bonchev–Trinajstić information content (AvgIpc) is 3.37. The Morgan fingerprint density at radius 2 is 2.20 bits per heavy atom. The summed E-state index contributed by atoms with van der Waals surface area (Å²) in [5.74, 6) is 2.04. The monoisotopic (exact) mass is 339 g/mol. The fourth-order valence-electron chi connectivity index (χ4n) is 3.81. The third kappa shape index (κ3) is 5.57. The molecule has 0 aromatic rings. The summed E-state index contributed by atoms with van der Waals surface area (Å²) < 4.78 is 0. The first kappa shape index (κ1) is 20.0. The van der Waals surface area contributed by atoms with Crippen LogP contribution in [0.3, 0.4) is 0 Å². The summed E-state index contributed by atoms with van der Waals surface area (Å²) in [6, 6.07) is 0. The SMILES string of the molecule is C=CCC(/C=C\CC(C)(C(=C)C)C(C)C1=C/CNCC/C=C\1)C1CC1. The molecule has 1 aliphatic heterocycles. The normalized spacial score (nSPS) is 26.6. The second-order valence-corrected chi connectivity index (χ2v) is 8.18. The second kappa shape index (κ2) is 9.38. The summed E-state index contributed by atoms with van der Waals surface area (Å²) in [6.07, 6.45) is 20.0. The topological polar surface area (TPSA) is 12.0 Å². The highest BCUT2D eigenvalue weighted by atomic mass is 14.8. The van der Waals surface area contributed by atoms with Crippen LogP contribution in [0.4, 0.5) is 0 Å². The van der Waals surface area contributed by atoms with Gasteiger partial charge >= 0.3 is 0 Å². The van der Waals surface area contributed by atoms with Crippen LogP contribution in [0, 0.1) is 23.2 Å². The van der Waals surface area contributed by atoms with E-state index in [1.54, 1.807) is 0 Å². The van der Waals surface area contributed by atoms with Crippen LogP contribution in [0.5, 0.6) is 0 Å². The summed E-state index contributed by atoms with van der Waals surface area (Å²) in [5, 5.41) is 3.47. The Balaban J connectivity index is 2.10. The first-order valence-corrected chi connectivity index (χ1v) is 10.00. The minimum absolute atomic E-state index is 0.0914. The summed E-state index contributed by atoms with van der Waals surface area (Å²) in [6.45, 7) is 17.3. The van der Waals surface area contributed by atoms with E-state index in [0.717, 1.165) is 38.3 Å². The first-order valence-electron chi connectivity index (χ1n) is 10.00. The van der Waals surface area contributed by atoms with Crippen molar-refractivity contribution in [2.24, 2.45) is 23.2 Å². The van der Waals surface area contributed by atoms with Crippen molar-refractivity contribution in [3.05, 3.63) is 60.8 Å². The zero-order valence-electron chi connectivity index (χ0n) is 16.6. The molecule has 1 nitrogen and oxygen atoms in total. The van der Waals surface area contributed by atoms with Gasteiger partial charge in [0.2, 0.25) is 0 Å². The van der Waals surface area contributed by atoms with Crippen LogP contribution in [-0.4, -0.2) is 13.1 Å². The zero-order chi connectivity index (χ0) is 18.3. The minimum Gasteiger partial charge on any atom is -0.313 e. The highest BCUT2D eigenvalue weighted by Crippen LogP contribution is 2.44. The molecule has 1 fully saturated rings. The van der Waals surface area contributed by atoms with Crippen LogP contribution in [0.25, 0.3) is 0 Å². The lowest BCUT2D eigenvalue weighted by atomic mass is 9.67. The smallest absolute Gasteiger partial charge is 0.0140 e. The van der Waals surface area contributed by atoms with E-state index in [-0.39, 0.29) is 5.41 Å². The van der Waals surface area contributed by atoms with E-state index >= 15 is 0 Å². The van der Waals surface area contributed by atoms with Crippen LogP contribution in [0.15, 0.2) is 60.8 Å². The molecule has 0 aromatic heterocycles. The van der Waals surface area contributed by atoms with E-state index in [0.29, 0.717) is 11.8 Å². The lowest BCUT2D eigenvalue weighted by Gasteiger charge is -2.37. The summed E-state index contributed by atoms with van der Waals surface area (Å²) in [7, 11) is 0. The molecule has 1 heteroatoms. The van der Waals surface area contributed by atoms with Crippen molar-refractivity contribution in [2.45, 2.75) is 52.9 Å². The molecule has 25 heavy (non-hydrogen) atoms. The predicted molar refractivity (Wildman–Crippen MR) is 112 cm³/mol. The Kier molecular flexibility index (Phi) is 7.50. The van der Waals surface area contributed by atoms with Crippen LogP contribution in [0.1, 0.15) is 52.9 Å². The van der Waals surface area contributed by atoms with E-state index in [1.807, 2.05) is 0 Å². The second-order valence-electron chi connectivity index (χ2n) is 8.18. The van der Waals surface area contributed by atoms with Gasteiger partial charge < -0.3 is 5.32 Å². The number of allylic oxidation sites excluding steroid dienone is 6. The standard InChI is InChI=1S/C24H37N/c1-6-10-22(23-13-14-23)12-9-16-24(5,19(2)3)20(4)21-11-7-8-17-25-18-15-21/h6-7,9,11-12,15,20,22-23,25H,1-2,8,10,13-14,16-18H2,3-5H3/b11-7-,12-9-,21-15+. The maximum Gasteiger partial charge on any atom is 0.0140 e. The number of nitrogens with one attached hydrogen (secondary N) is 1. The van der Waals surface area contributed by atoms with Gasteiger partial charge in [0.25, 0.3) is 0 Å². The van der Waals surface area contributed by atoms with E-state index < -0.39 is 0 Å². The van der Waals surface area contributed by atoms with Crippen LogP contribution in [0.2, 0.25) is 0 Å². The van der Waals surface area contributed by atoms with Gasteiger partial charge in [0.1, 0.15) is 0 Å². The molecule has 1 heterocycles. The fraction of sp³-hybridized carbons (Fsp3) is 0.583. The summed E-state index contributed by atoms with van der Waals surface area (Å²) >= 11 is 0. The van der Waals surface area contributed by atoms with Gasteiger partial charge in [-0.3, -0.25) is 0 Å². The first-order chi connectivity index (χ1) is 12.0. The van der Waals surface area contributed by atoms with E-state index in [4.69, 9.17) is 0 Å². The van der Waals surface area contributed by atoms with Crippen LogP contribution >= 0.6 is 0 Å². The van der Waals surface area contributed by atoms with Gasteiger partial charge in [0, 0.05) is 6.54 Å². The van der Waals surface area contributed by atoms with Crippen molar-refractivity contribution in [3.8, 4) is 0 Å². The fourth-order valence-corrected chi connectivity index (χ4v) is 3.81. The summed E-state index contributed by atoms with van der Waals surface area (Å²) in [4.78, 5) is 0.